The number of hydrogen-bond donors (Lipinski definition) is 2. The number of nitrogens with one attached hydrogen (secondary N) is 2. The van der Waals surface area contributed by atoms with Crippen LogP contribution in [0.2, 0.25) is 5.02 Å². The lowest BCUT2D eigenvalue weighted by Gasteiger charge is -2.33. The van der Waals surface area contributed by atoms with Crippen LogP contribution in [0.1, 0.15) is 18.5 Å². The highest BCUT2D eigenvalue weighted by atomic mass is 79.9. The third-order valence-electron chi connectivity index (χ3n) is 4.30. The lowest BCUT2D eigenvalue weighted by molar-refractivity contribution is -0.113. The van der Waals surface area contributed by atoms with Crippen LogP contribution in [0.3, 0.4) is 0 Å². The molecule has 7 heteroatoms. The van der Waals surface area contributed by atoms with Crippen molar-refractivity contribution in [1.29, 1.82) is 0 Å². The van der Waals surface area contributed by atoms with Crippen LogP contribution in [0, 0.1) is 0 Å². The maximum absolute atomic E-state index is 13.0. The zero-order valence-corrected chi connectivity index (χ0v) is 16.6. The molecule has 3 rings (SSSR count). The molecule has 0 aromatic heterocycles. The van der Waals surface area contributed by atoms with Crippen molar-refractivity contribution >= 4 is 45.2 Å². The van der Waals surface area contributed by atoms with E-state index in [4.69, 9.17) is 11.6 Å². The predicted molar refractivity (Wildman–Crippen MR) is 106 cm³/mol. The van der Waals surface area contributed by atoms with E-state index in [0.717, 1.165) is 10.0 Å². The average Bonchev–Trinajstić information content (AvgIpc) is 2.62. The van der Waals surface area contributed by atoms with E-state index < -0.39 is 6.04 Å². The van der Waals surface area contributed by atoms with E-state index in [9.17, 15) is 9.59 Å². The van der Waals surface area contributed by atoms with Gasteiger partial charge in [-0.2, -0.15) is 0 Å². The second-order valence-electron chi connectivity index (χ2n) is 5.95. The summed E-state index contributed by atoms with van der Waals surface area (Å²) in [5.74, 6) is -0.274. The highest BCUT2D eigenvalue weighted by Crippen LogP contribution is 2.31. The van der Waals surface area contributed by atoms with Crippen molar-refractivity contribution in [2.45, 2.75) is 13.0 Å². The van der Waals surface area contributed by atoms with Gasteiger partial charge < -0.3 is 15.5 Å². The number of anilines is 1. The molecule has 0 radical (unpaired) electrons. The van der Waals surface area contributed by atoms with Gasteiger partial charge in [-0.25, -0.2) is 4.79 Å². The first kappa shape index (κ1) is 18.5. The van der Waals surface area contributed by atoms with Crippen LogP contribution in [0.4, 0.5) is 10.5 Å². The minimum Gasteiger partial charge on any atom is -0.327 e. The van der Waals surface area contributed by atoms with E-state index >= 15 is 0 Å². The monoisotopic (exact) mass is 433 g/mol. The summed E-state index contributed by atoms with van der Waals surface area (Å²) >= 11 is 9.29. The van der Waals surface area contributed by atoms with Gasteiger partial charge in [-0.3, -0.25) is 4.79 Å². The van der Waals surface area contributed by atoms with E-state index in [1.54, 1.807) is 38.2 Å². The van der Waals surface area contributed by atoms with Gasteiger partial charge in [0.05, 0.1) is 11.6 Å². The molecule has 134 valence electrons. The van der Waals surface area contributed by atoms with Crippen molar-refractivity contribution in [3.05, 3.63) is 74.9 Å². The van der Waals surface area contributed by atoms with Crippen LogP contribution in [0.5, 0.6) is 0 Å². The van der Waals surface area contributed by atoms with Gasteiger partial charge in [0.15, 0.2) is 0 Å². The lowest BCUT2D eigenvalue weighted by atomic mass is 9.94. The summed E-state index contributed by atoms with van der Waals surface area (Å²) in [6.07, 6.45) is 0. The van der Waals surface area contributed by atoms with Crippen LogP contribution in [0.25, 0.3) is 0 Å². The van der Waals surface area contributed by atoms with Crippen molar-refractivity contribution in [1.82, 2.24) is 10.2 Å². The second kappa shape index (κ2) is 7.51. The number of carbonyl (C=O) groups is 2. The molecule has 2 N–H and O–H groups in total. The fourth-order valence-electron chi connectivity index (χ4n) is 2.77. The summed E-state index contributed by atoms with van der Waals surface area (Å²) in [6, 6.07) is 13.6. The summed E-state index contributed by atoms with van der Waals surface area (Å²) in [5, 5.41) is 6.36. The van der Waals surface area contributed by atoms with E-state index in [2.05, 4.69) is 26.6 Å². The number of urea groups is 1. The van der Waals surface area contributed by atoms with Gasteiger partial charge in [-0.15, -0.1) is 0 Å². The fourth-order valence-corrected chi connectivity index (χ4v) is 3.16. The topological polar surface area (TPSA) is 61.4 Å². The highest BCUT2D eigenvalue weighted by Gasteiger charge is 2.34. The second-order valence-corrected chi connectivity index (χ2v) is 7.31. The van der Waals surface area contributed by atoms with Crippen molar-refractivity contribution in [2.75, 3.05) is 12.4 Å². The molecule has 0 bridgehead atoms. The molecule has 1 unspecified atom stereocenters. The van der Waals surface area contributed by atoms with Gasteiger partial charge >= 0.3 is 6.03 Å². The molecule has 26 heavy (non-hydrogen) atoms. The Morgan fingerprint density at radius 3 is 2.38 bits per heavy atom. The number of hydrogen-bond acceptors (Lipinski definition) is 2. The van der Waals surface area contributed by atoms with Gasteiger partial charge in [0.2, 0.25) is 0 Å². The molecular formula is C19H17BrClN3O2. The van der Waals surface area contributed by atoms with Gasteiger partial charge in [0.1, 0.15) is 0 Å². The van der Waals surface area contributed by atoms with Gasteiger partial charge in [-0.1, -0.05) is 39.7 Å². The molecule has 0 fully saturated rings. The smallest absolute Gasteiger partial charge is 0.322 e. The molecule has 3 amide bonds. The van der Waals surface area contributed by atoms with Crippen LogP contribution >= 0.6 is 27.5 Å². The van der Waals surface area contributed by atoms with Gasteiger partial charge in [0, 0.05) is 27.9 Å². The Kier molecular flexibility index (Phi) is 5.34. The van der Waals surface area contributed by atoms with E-state index in [0.29, 0.717) is 22.0 Å². The molecule has 1 aliphatic rings. The molecule has 0 saturated heterocycles. The number of nitrogens with zero attached hydrogens (tertiary/aromatic N) is 1. The lowest BCUT2D eigenvalue weighted by Crippen LogP contribution is -2.46. The largest absolute Gasteiger partial charge is 0.327 e. The number of carbonyl (C=O) groups excluding carboxylic acids is 2. The maximum Gasteiger partial charge on any atom is 0.322 e. The number of amides is 3. The molecule has 0 aliphatic carbocycles. The summed E-state index contributed by atoms with van der Waals surface area (Å²) in [7, 11) is 1.64. The van der Waals surface area contributed by atoms with Crippen molar-refractivity contribution in [3.8, 4) is 0 Å². The first-order valence-electron chi connectivity index (χ1n) is 7.94. The van der Waals surface area contributed by atoms with Gasteiger partial charge in [-0.05, 0) is 48.9 Å². The summed E-state index contributed by atoms with van der Waals surface area (Å²) in [4.78, 5) is 26.7. The maximum atomic E-state index is 13.0. The quantitative estimate of drug-likeness (QED) is 0.735. The summed E-state index contributed by atoms with van der Waals surface area (Å²) < 4.78 is 0.924. The molecule has 0 spiro atoms. The minimum absolute atomic E-state index is 0.251. The van der Waals surface area contributed by atoms with E-state index in [-0.39, 0.29) is 11.9 Å². The van der Waals surface area contributed by atoms with Crippen LogP contribution in [-0.4, -0.2) is 23.9 Å². The Morgan fingerprint density at radius 1 is 1.15 bits per heavy atom. The molecule has 1 atom stereocenters. The Morgan fingerprint density at radius 2 is 1.77 bits per heavy atom. The van der Waals surface area contributed by atoms with Crippen LogP contribution < -0.4 is 10.6 Å². The fraction of sp³-hybridized carbons (Fsp3) is 0.158. The molecule has 5 nitrogen and oxygen atoms in total. The normalized spacial score (nSPS) is 17.2. The standard InChI is InChI=1S/C19H17BrClN3O2/c1-11-16(18(25)22-15-9-7-14(21)8-10-15)17(23-19(26)24(11)2)12-3-5-13(20)6-4-12/h3-10,17H,1-2H3,(H,22,25)(H,23,26). The number of allylic oxidation sites excluding steroid dienone is 1. The van der Waals surface area contributed by atoms with Crippen LogP contribution in [-0.2, 0) is 4.79 Å². The predicted octanol–water partition coefficient (Wildman–Crippen LogP) is 4.71. The molecule has 1 aliphatic heterocycles. The molecule has 2 aromatic carbocycles. The Hall–Kier alpha value is -2.31. The Bertz CT molecular complexity index is 879. The van der Waals surface area contributed by atoms with Gasteiger partial charge in [0.25, 0.3) is 5.91 Å². The molecular weight excluding hydrogens is 418 g/mol. The van der Waals surface area contributed by atoms with E-state index in [1.165, 1.54) is 4.90 Å². The third kappa shape index (κ3) is 3.76. The zero-order chi connectivity index (χ0) is 18.8. The number of halogens is 2. The Balaban J connectivity index is 1.97. The zero-order valence-electron chi connectivity index (χ0n) is 14.2. The first-order valence-corrected chi connectivity index (χ1v) is 9.11. The van der Waals surface area contributed by atoms with E-state index in [1.807, 2.05) is 24.3 Å². The van der Waals surface area contributed by atoms with Crippen molar-refractivity contribution in [2.24, 2.45) is 0 Å². The molecule has 1 heterocycles. The Labute approximate surface area is 165 Å². The SMILES string of the molecule is CC1=C(C(=O)Nc2ccc(Cl)cc2)C(c2ccc(Br)cc2)NC(=O)N1C. The average molecular weight is 435 g/mol. The summed E-state index contributed by atoms with van der Waals surface area (Å²) in [6.45, 7) is 1.77. The minimum atomic E-state index is -0.529. The number of benzene rings is 2. The van der Waals surface area contributed by atoms with Crippen molar-refractivity contribution in [3.63, 3.8) is 0 Å². The van der Waals surface area contributed by atoms with Crippen molar-refractivity contribution < 1.29 is 9.59 Å². The number of rotatable bonds is 3. The third-order valence-corrected chi connectivity index (χ3v) is 5.08. The summed E-state index contributed by atoms with van der Waals surface area (Å²) in [5.41, 5.74) is 2.56. The van der Waals surface area contributed by atoms with Crippen LogP contribution in [0.15, 0.2) is 64.3 Å². The highest BCUT2D eigenvalue weighted by molar-refractivity contribution is 9.10. The molecule has 0 saturated carbocycles. The first-order chi connectivity index (χ1) is 12.4. The molecule has 2 aromatic rings.